The van der Waals surface area contributed by atoms with E-state index in [1.54, 1.807) is 12.1 Å². The van der Waals surface area contributed by atoms with E-state index in [2.05, 4.69) is 25.3 Å². The second-order valence-corrected chi connectivity index (χ2v) is 11.9. The van der Waals surface area contributed by atoms with Gasteiger partial charge in [-0.2, -0.15) is 0 Å². The van der Waals surface area contributed by atoms with E-state index in [4.69, 9.17) is 5.73 Å². The van der Waals surface area contributed by atoms with Crippen LogP contribution in [0.25, 0.3) is 0 Å². The molecule has 1 aromatic carbocycles. The number of piperazine rings is 1. The fourth-order valence-electron chi connectivity index (χ4n) is 7.05. The van der Waals surface area contributed by atoms with E-state index in [1.807, 2.05) is 4.90 Å². The molecule has 13 nitrogen and oxygen atoms in total. The number of carbonyl (C=O) groups is 5. The number of aromatic nitrogens is 2. The van der Waals surface area contributed by atoms with Crippen molar-refractivity contribution in [3.8, 4) is 0 Å². The van der Waals surface area contributed by atoms with Crippen LogP contribution in [0.15, 0.2) is 24.3 Å². The van der Waals surface area contributed by atoms with Gasteiger partial charge in [0.2, 0.25) is 11.8 Å². The first kappa shape index (κ1) is 26.4. The van der Waals surface area contributed by atoms with Gasteiger partial charge in [-0.05, 0) is 43.5 Å². The predicted octanol–water partition coefficient (Wildman–Crippen LogP) is -0.0932. The quantitative estimate of drug-likeness (QED) is 0.460. The Morgan fingerprint density at radius 1 is 0.952 bits per heavy atom. The van der Waals surface area contributed by atoms with Crippen LogP contribution in [0.1, 0.15) is 56.9 Å². The predicted molar refractivity (Wildman–Crippen MR) is 145 cm³/mol. The van der Waals surface area contributed by atoms with Gasteiger partial charge in [-0.25, -0.2) is 4.39 Å². The highest BCUT2D eigenvalue weighted by atomic mass is 19.1. The summed E-state index contributed by atoms with van der Waals surface area (Å²) >= 11 is 0. The van der Waals surface area contributed by atoms with Gasteiger partial charge in [0, 0.05) is 57.1 Å². The molecule has 3 saturated heterocycles. The van der Waals surface area contributed by atoms with Crippen LogP contribution in [-0.2, 0) is 9.59 Å². The summed E-state index contributed by atoms with van der Waals surface area (Å²) in [6.07, 6.45) is 2.08. The third-order valence-electron chi connectivity index (χ3n) is 9.30. The Morgan fingerprint density at radius 3 is 2.26 bits per heavy atom. The van der Waals surface area contributed by atoms with Gasteiger partial charge in [-0.15, -0.1) is 10.2 Å². The Balaban J connectivity index is 0.949. The molecule has 14 heteroatoms. The first-order chi connectivity index (χ1) is 20.1. The number of hydrogen-bond acceptors (Lipinski definition) is 10. The normalized spacial score (nSPS) is 24.0. The van der Waals surface area contributed by atoms with Gasteiger partial charge in [0.25, 0.3) is 17.7 Å². The molecule has 3 N–H and O–H groups in total. The van der Waals surface area contributed by atoms with Crippen molar-refractivity contribution in [1.29, 1.82) is 0 Å². The average Bonchev–Trinajstić information content (AvgIpc) is 3.16. The molecule has 4 fully saturated rings. The molecule has 4 aliphatic heterocycles. The first-order valence-electron chi connectivity index (χ1n) is 14.1. The van der Waals surface area contributed by atoms with Crippen molar-refractivity contribution >= 4 is 41.0 Å². The Bertz CT molecular complexity index is 1530. The van der Waals surface area contributed by atoms with Gasteiger partial charge in [0.1, 0.15) is 11.9 Å². The van der Waals surface area contributed by atoms with Crippen LogP contribution >= 0.6 is 0 Å². The highest BCUT2D eigenvalue weighted by molar-refractivity contribution is 6.23. The van der Waals surface area contributed by atoms with Crippen molar-refractivity contribution in [1.82, 2.24) is 25.3 Å². The number of rotatable bonds is 5. The molecule has 218 valence electrons. The summed E-state index contributed by atoms with van der Waals surface area (Å²) in [6.45, 7) is 4.68. The number of benzene rings is 1. The number of fused-ring (bicyclic) bond motifs is 1. The van der Waals surface area contributed by atoms with E-state index in [0.717, 1.165) is 55.8 Å². The lowest BCUT2D eigenvalue weighted by molar-refractivity contribution is -0.136. The Hall–Kier alpha value is -4.46. The van der Waals surface area contributed by atoms with E-state index in [9.17, 15) is 24.0 Å². The van der Waals surface area contributed by atoms with Gasteiger partial charge < -0.3 is 15.5 Å². The van der Waals surface area contributed by atoms with Crippen LogP contribution in [0.4, 0.5) is 15.9 Å². The molecular weight excluding hydrogens is 547 g/mol. The Kier molecular flexibility index (Phi) is 6.01. The summed E-state index contributed by atoms with van der Waals surface area (Å²) in [5.74, 6) is -2.96. The van der Waals surface area contributed by atoms with Crippen LogP contribution < -0.4 is 20.9 Å². The second kappa shape index (κ2) is 9.54. The molecule has 2 aromatic rings. The van der Waals surface area contributed by atoms with E-state index in [-0.39, 0.29) is 40.8 Å². The summed E-state index contributed by atoms with van der Waals surface area (Å²) in [5.41, 5.74) is 5.79. The summed E-state index contributed by atoms with van der Waals surface area (Å²) < 4.78 is 15.2. The molecule has 5 heterocycles. The fourth-order valence-corrected chi connectivity index (χ4v) is 7.05. The molecular formula is C28H29FN8O5. The summed E-state index contributed by atoms with van der Waals surface area (Å²) in [4.78, 5) is 68.5. The van der Waals surface area contributed by atoms with Gasteiger partial charge >= 0.3 is 0 Å². The molecule has 42 heavy (non-hydrogen) atoms. The minimum atomic E-state index is -1.09. The first-order valence-corrected chi connectivity index (χ1v) is 14.1. The van der Waals surface area contributed by atoms with Crippen molar-refractivity contribution in [2.45, 2.75) is 37.8 Å². The van der Waals surface area contributed by atoms with Crippen LogP contribution in [0, 0.1) is 11.2 Å². The zero-order chi connectivity index (χ0) is 29.3. The third-order valence-corrected chi connectivity index (χ3v) is 9.30. The average molecular weight is 577 g/mol. The standard InChI is InChI=1S/C28H29FN8O5/c29-18-9-16-17(27(42)37(26(16)41)20-2-4-23(38)31-25(20)40)10-21(18)36-13-28(14-36)11-15(12-28)34-5-7-35(8-6-34)22-3-1-19(24(30)39)32-33-22/h1,3,9-10,15,20H,2,4-8,11-14H2,(H2,30,39)(H,31,38,40). The number of nitrogens with one attached hydrogen (secondary N) is 1. The number of piperidine rings is 1. The Morgan fingerprint density at radius 2 is 1.64 bits per heavy atom. The van der Waals surface area contributed by atoms with Crippen LogP contribution in [0.2, 0.25) is 0 Å². The molecule has 1 saturated carbocycles. The molecule has 0 radical (unpaired) electrons. The van der Waals surface area contributed by atoms with Crippen molar-refractivity contribution in [3.05, 3.63) is 46.9 Å². The van der Waals surface area contributed by atoms with Gasteiger partial charge in [0.05, 0.1) is 16.8 Å². The maximum atomic E-state index is 15.2. The maximum absolute atomic E-state index is 15.2. The lowest BCUT2D eigenvalue weighted by Crippen LogP contribution is -2.68. The van der Waals surface area contributed by atoms with Crippen molar-refractivity contribution in [2.75, 3.05) is 49.1 Å². The lowest BCUT2D eigenvalue weighted by atomic mass is 9.60. The van der Waals surface area contributed by atoms with Gasteiger partial charge in [-0.1, -0.05) is 0 Å². The minimum Gasteiger partial charge on any atom is -0.368 e. The van der Waals surface area contributed by atoms with Crippen LogP contribution in [0.3, 0.4) is 0 Å². The van der Waals surface area contributed by atoms with E-state index in [0.29, 0.717) is 19.1 Å². The van der Waals surface area contributed by atoms with Crippen molar-refractivity contribution in [3.63, 3.8) is 0 Å². The molecule has 1 unspecified atom stereocenters. The monoisotopic (exact) mass is 576 g/mol. The molecule has 7 rings (SSSR count). The van der Waals surface area contributed by atoms with Crippen molar-refractivity contribution in [2.24, 2.45) is 11.1 Å². The number of carbonyl (C=O) groups excluding carboxylic acids is 5. The molecule has 0 bridgehead atoms. The molecule has 5 aliphatic rings. The number of halogens is 1. The number of amides is 5. The van der Waals surface area contributed by atoms with E-state index in [1.165, 1.54) is 6.07 Å². The zero-order valence-corrected chi connectivity index (χ0v) is 22.7. The van der Waals surface area contributed by atoms with E-state index >= 15 is 4.39 Å². The minimum absolute atomic E-state index is 0.0247. The number of imide groups is 2. The largest absolute Gasteiger partial charge is 0.368 e. The molecule has 1 aliphatic carbocycles. The molecule has 1 spiro atoms. The topological polar surface area (TPSA) is 162 Å². The fraction of sp³-hybridized carbons (Fsp3) is 0.464. The number of nitrogens with two attached hydrogens (primary N) is 1. The number of anilines is 2. The SMILES string of the molecule is NC(=O)c1ccc(N2CCN(C3CC4(C3)CN(c3cc5c(cc3F)C(=O)N(C3CCC(=O)NC3=O)C5=O)C4)CC2)nn1. The third kappa shape index (κ3) is 4.19. The molecule has 1 atom stereocenters. The van der Waals surface area contributed by atoms with Crippen molar-refractivity contribution < 1.29 is 28.4 Å². The lowest BCUT2D eigenvalue weighted by Gasteiger charge is -2.62. The summed E-state index contributed by atoms with van der Waals surface area (Å²) in [5, 5.41) is 10.2. The summed E-state index contributed by atoms with van der Waals surface area (Å²) in [7, 11) is 0. The highest BCUT2D eigenvalue weighted by Crippen LogP contribution is 2.52. The van der Waals surface area contributed by atoms with Crippen LogP contribution in [-0.4, -0.2) is 101 Å². The maximum Gasteiger partial charge on any atom is 0.269 e. The Labute approximate surface area is 239 Å². The number of hydrogen-bond donors (Lipinski definition) is 2. The highest BCUT2D eigenvalue weighted by Gasteiger charge is 2.55. The molecule has 1 aromatic heterocycles. The number of nitrogens with zero attached hydrogens (tertiary/aromatic N) is 6. The van der Waals surface area contributed by atoms with Gasteiger partial charge in [0.15, 0.2) is 11.5 Å². The zero-order valence-electron chi connectivity index (χ0n) is 22.7. The number of primary amides is 1. The smallest absolute Gasteiger partial charge is 0.269 e. The van der Waals surface area contributed by atoms with E-state index < -0.39 is 41.4 Å². The summed E-state index contributed by atoms with van der Waals surface area (Å²) in [6, 6.07) is 5.23. The molecule has 5 amide bonds. The van der Waals surface area contributed by atoms with Gasteiger partial charge in [-0.3, -0.25) is 39.1 Å². The second-order valence-electron chi connectivity index (χ2n) is 11.9. The van der Waals surface area contributed by atoms with Crippen LogP contribution in [0.5, 0.6) is 0 Å².